The molecule has 0 N–H and O–H groups in total. The van der Waals surface area contributed by atoms with Gasteiger partial charge in [-0.3, -0.25) is 9.59 Å². The van der Waals surface area contributed by atoms with Crippen molar-refractivity contribution in [3.05, 3.63) is 81.2 Å². The molecular formula is C34H40ClNO4. The van der Waals surface area contributed by atoms with Crippen LogP contribution in [-0.2, 0) is 16.1 Å². The number of ether oxygens (including phenoxy) is 2. The monoisotopic (exact) mass is 561 g/mol. The Bertz CT molecular complexity index is 1350. The van der Waals surface area contributed by atoms with E-state index in [4.69, 9.17) is 21.1 Å². The number of rotatable bonds is 7. The zero-order chi connectivity index (χ0) is 28.8. The minimum absolute atomic E-state index is 0.0986. The molecule has 0 amide bonds. The smallest absolute Gasteiger partial charge is 0.179 e. The lowest BCUT2D eigenvalue weighted by Gasteiger charge is -2.49. The van der Waals surface area contributed by atoms with Gasteiger partial charge >= 0.3 is 0 Å². The van der Waals surface area contributed by atoms with E-state index < -0.39 is 5.92 Å². The molecule has 212 valence electrons. The number of benzene rings is 2. The highest BCUT2D eigenvalue weighted by molar-refractivity contribution is 6.32. The molecule has 1 aliphatic heterocycles. The highest BCUT2D eigenvalue weighted by atomic mass is 35.5. The van der Waals surface area contributed by atoms with Crippen LogP contribution in [0.4, 0.5) is 0 Å². The number of carbonyl (C=O) groups is 2. The van der Waals surface area contributed by atoms with Crippen LogP contribution in [0.1, 0.15) is 84.3 Å². The Morgan fingerprint density at radius 1 is 0.825 bits per heavy atom. The molecule has 5 rings (SSSR count). The predicted molar refractivity (Wildman–Crippen MR) is 159 cm³/mol. The molecule has 1 heterocycles. The zero-order valence-electron chi connectivity index (χ0n) is 24.5. The topological polar surface area (TPSA) is 55.8 Å². The summed E-state index contributed by atoms with van der Waals surface area (Å²) in [4.78, 5) is 30.5. The third kappa shape index (κ3) is 5.33. The maximum atomic E-state index is 14.1. The molecule has 40 heavy (non-hydrogen) atoms. The van der Waals surface area contributed by atoms with E-state index in [2.05, 4.69) is 44.7 Å². The van der Waals surface area contributed by atoms with Gasteiger partial charge in [-0.2, -0.15) is 0 Å². The molecule has 5 nitrogen and oxygen atoms in total. The van der Waals surface area contributed by atoms with Crippen LogP contribution < -0.4 is 9.47 Å². The molecule has 0 fully saturated rings. The molecule has 3 aliphatic rings. The Morgan fingerprint density at radius 2 is 1.38 bits per heavy atom. The highest BCUT2D eigenvalue weighted by Crippen LogP contribution is 2.55. The summed E-state index contributed by atoms with van der Waals surface area (Å²) >= 11 is 6.80. The first kappa shape index (κ1) is 28.5. The molecule has 0 spiro atoms. The van der Waals surface area contributed by atoms with Crippen LogP contribution in [0.5, 0.6) is 11.5 Å². The van der Waals surface area contributed by atoms with Crippen molar-refractivity contribution in [3.63, 3.8) is 0 Å². The average molecular weight is 562 g/mol. The van der Waals surface area contributed by atoms with Crippen LogP contribution in [0.15, 0.2) is 65.0 Å². The number of hydrogen-bond acceptors (Lipinski definition) is 5. The summed E-state index contributed by atoms with van der Waals surface area (Å²) in [5.41, 5.74) is 5.09. The van der Waals surface area contributed by atoms with Crippen molar-refractivity contribution < 1.29 is 19.1 Å². The van der Waals surface area contributed by atoms with Gasteiger partial charge in [0.15, 0.2) is 23.1 Å². The fraction of sp³-hybridized carbons (Fsp3) is 0.471. The number of Topliss-reactive ketones (excluding diaryl/α,β-unsaturated/α-hetero) is 2. The second-order valence-electron chi connectivity index (χ2n) is 12.8. The van der Waals surface area contributed by atoms with Crippen LogP contribution in [0.25, 0.3) is 0 Å². The minimum Gasteiger partial charge on any atom is -0.490 e. The van der Waals surface area contributed by atoms with Gasteiger partial charge in [-0.25, -0.2) is 0 Å². The number of nitrogens with zero attached hydrogens (tertiary/aromatic N) is 1. The van der Waals surface area contributed by atoms with E-state index in [1.54, 1.807) is 0 Å². The number of halogens is 1. The predicted octanol–water partition coefficient (Wildman–Crippen LogP) is 8.02. The van der Waals surface area contributed by atoms with Gasteiger partial charge in [0.2, 0.25) is 0 Å². The lowest BCUT2D eigenvalue weighted by atomic mass is 9.63. The fourth-order valence-electron chi connectivity index (χ4n) is 6.64. The Labute approximate surface area is 243 Å². The van der Waals surface area contributed by atoms with E-state index in [0.717, 1.165) is 46.5 Å². The van der Waals surface area contributed by atoms with Gasteiger partial charge in [0.25, 0.3) is 0 Å². The molecule has 0 radical (unpaired) electrons. The summed E-state index contributed by atoms with van der Waals surface area (Å²) in [6.45, 7) is 14.0. The van der Waals surface area contributed by atoms with Gasteiger partial charge in [0.1, 0.15) is 0 Å². The average Bonchev–Trinajstić information content (AvgIpc) is 2.86. The maximum absolute atomic E-state index is 14.1. The Balaban J connectivity index is 1.78. The summed E-state index contributed by atoms with van der Waals surface area (Å²) < 4.78 is 11.8. The van der Waals surface area contributed by atoms with Crippen molar-refractivity contribution in [3.8, 4) is 11.5 Å². The van der Waals surface area contributed by atoms with Crippen LogP contribution >= 0.6 is 11.6 Å². The van der Waals surface area contributed by atoms with Gasteiger partial charge in [-0.15, -0.1) is 0 Å². The third-order valence-corrected chi connectivity index (χ3v) is 8.44. The lowest BCUT2D eigenvalue weighted by Crippen LogP contribution is -2.44. The summed E-state index contributed by atoms with van der Waals surface area (Å²) in [5, 5.41) is 0.422. The van der Waals surface area contributed by atoms with Crippen molar-refractivity contribution in [2.75, 3.05) is 13.2 Å². The molecule has 0 bridgehead atoms. The molecule has 2 aliphatic carbocycles. The van der Waals surface area contributed by atoms with Gasteiger partial charge in [0.05, 0.1) is 18.2 Å². The summed E-state index contributed by atoms with van der Waals surface area (Å²) in [6.07, 6.45) is 2.39. The highest BCUT2D eigenvalue weighted by Gasteiger charge is 2.49. The van der Waals surface area contributed by atoms with Crippen LogP contribution in [0, 0.1) is 10.8 Å². The molecule has 0 saturated carbocycles. The lowest BCUT2D eigenvalue weighted by molar-refractivity contribution is -0.119. The number of ketones is 2. The van der Waals surface area contributed by atoms with Crippen molar-refractivity contribution in [1.82, 2.24) is 4.90 Å². The van der Waals surface area contributed by atoms with E-state index in [0.29, 0.717) is 49.1 Å². The van der Waals surface area contributed by atoms with E-state index in [1.807, 2.05) is 44.2 Å². The first-order valence-electron chi connectivity index (χ1n) is 14.4. The van der Waals surface area contributed by atoms with Crippen molar-refractivity contribution in [2.24, 2.45) is 10.8 Å². The molecule has 2 aromatic rings. The second kappa shape index (κ2) is 10.7. The summed E-state index contributed by atoms with van der Waals surface area (Å²) in [7, 11) is 0. The van der Waals surface area contributed by atoms with Gasteiger partial charge in [0, 0.05) is 47.8 Å². The molecule has 0 saturated heterocycles. The van der Waals surface area contributed by atoms with Crippen molar-refractivity contribution in [2.45, 2.75) is 79.7 Å². The van der Waals surface area contributed by atoms with Crippen LogP contribution in [-0.4, -0.2) is 29.7 Å². The first-order valence-corrected chi connectivity index (χ1v) is 14.8. The standard InChI is InChI=1S/C34H40ClNO4/c1-7-39-28-15-22(14-23(35)32(28)40-8-2)29-30-24(16-33(3,4)18-26(30)37)36(20-21-12-10-9-11-13-21)25-17-34(5,6)19-27(38)31(25)29/h9-15,29H,7-8,16-20H2,1-6H3. The molecule has 0 aromatic heterocycles. The van der Waals surface area contributed by atoms with Crippen LogP contribution in [0.2, 0.25) is 5.02 Å². The van der Waals surface area contributed by atoms with Crippen molar-refractivity contribution in [1.29, 1.82) is 0 Å². The van der Waals surface area contributed by atoms with Crippen molar-refractivity contribution >= 4 is 23.2 Å². The third-order valence-electron chi connectivity index (χ3n) is 8.16. The van der Waals surface area contributed by atoms with Gasteiger partial charge < -0.3 is 14.4 Å². The minimum atomic E-state index is -0.489. The van der Waals surface area contributed by atoms with E-state index in [-0.39, 0.29) is 22.4 Å². The summed E-state index contributed by atoms with van der Waals surface area (Å²) in [5.74, 6) is 0.737. The molecule has 0 atom stereocenters. The first-order chi connectivity index (χ1) is 18.9. The number of carbonyl (C=O) groups excluding carboxylic acids is 2. The van der Waals surface area contributed by atoms with Crippen LogP contribution in [0.3, 0.4) is 0 Å². The van der Waals surface area contributed by atoms with E-state index in [1.165, 1.54) is 0 Å². The Kier molecular flexibility index (Phi) is 7.64. The largest absolute Gasteiger partial charge is 0.490 e. The normalized spacial score (nSPS) is 20.4. The Hall–Kier alpha value is -3.05. The van der Waals surface area contributed by atoms with Gasteiger partial charge in [-0.05, 0) is 60.8 Å². The quantitative estimate of drug-likeness (QED) is 0.342. The molecule has 0 unspecified atom stereocenters. The molecular weight excluding hydrogens is 522 g/mol. The SMILES string of the molecule is CCOc1cc(C2C3=C(CC(C)(C)CC3=O)N(Cc3ccccc3)C3=C2C(=O)CC(C)(C)C3)cc(Cl)c1OCC. The maximum Gasteiger partial charge on any atom is 0.179 e. The van der Waals surface area contributed by atoms with Gasteiger partial charge in [-0.1, -0.05) is 69.6 Å². The number of allylic oxidation sites excluding steroid dienone is 4. The number of hydrogen-bond donors (Lipinski definition) is 0. The molecule has 6 heteroatoms. The fourth-order valence-corrected chi connectivity index (χ4v) is 6.91. The molecule has 2 aromatic carbocycles. The van der Waals surface area contributed by atoms with E-state index in [9.17, 15) is 9.59 Å². The zero-order valence-corrected chi connectivity index (χ0v) is 25.3. The summed E-state index contributed by atoms with van der Waals surface area (Å²) in [6, 6.07) is 14.1. The van der Waals surface area contributed by atoms with E-state index >= 15 is 0 Å². The Morgan fingerprint density at radius 3 is 1.90 bits per heavy atom. The second-order valence-corrected chi connectivity index (χ2v) is 13.2.